The Kier molecular flexibility index (Phi) is 5.88. The van der Waals surface area contributed by atoms with Crippen LogP contribution in [-0.2, 0) is 16.0 Å². The molecule has 0 bridgehead atoms. The van der Waals surface area contributed by atoms with E-state index >= 15 is 0 Å². The monoisotopic (exact) mass is 345 g/mol. The number of hydrogen-bond donors (Lipinski definition) is 0. The molecule has 3 aromatic rings. The number of halogens is 2. The molecule has 0 amide bonds. The topological polar surface area (TPSA) is 39.2 Å². The molecule has 5 heteroatoms. The number of ether oxygens (including phenoxy) is 1. The van der Waals surface area contributed by atoms with Gasteiger partial charge in [0.1, 0.15) is 5.82 Å². The number of carbonyl (C=O) groups excluding carboxylic acids is 1. The third-order valence-corrected chi connectivity index (χ3v) is 3.80. The van der Waals surface area contributed by atoms with Gasteiger partial charge in [-0.05, 0) is 41.8 Å². The minimum Gasteiger partial charge on any atom is -0.469 e. The Bertz CT molecular complexity index is 867. The van der Waals surface area contributed by atoms with Crippen LogP contribution in [0.5, 0.6) is 0 Å². The van der Waals surface area contributed by atoms with Crippen molar-refractivity contribution < 1.29 is 13.9 Å². The van der Waals surface area contributed by atoms with Crippen molar-refractivity contribution in [2.75, 3.05) is 7.11 Å². The third kappa shape index (κ3) is 3.89. The van der Waals surface area contributed by atoms with Gasteiger partial charge in [0.15, 0.2) is 0 Å². The molecule has 0 N–H and O–H groups in total. The summed E-state index contributed by atoms with van der Waals surface area (Å²) < 4.78 is 18.1. The highest BCUT2D eigenvalue weighted by atomic mass is 35.5. The van der Waals surface area contributed by atoms with E-state index < -0.39 is 0 Å². The summed E-state index contributed by atoms with van der Waals surface area (Å²) in [6.07, 6.45) is 2.64. The maximum absolute atomic E-state index is 13.4. The second kappa shape index (κ2) is 7.88. The fraction of sp³-hybridized carbons (Fsp3) is 0.158. The lowest BCUT2D eigenvalue weighted by Gasteiger charge is -2.08. The Morgan fingerprint density at radius 3 is 2.67 bits per heavy atom. The summed E-state index contributed by atoms with van der Waals surface area (Å²) in [6, 6.07) is 14.2. The van der Waals surface area contributed by atoms with Gasteiger partial charge in [-0.3, -0.25) is 9.78 Å². The van der Waals surface area contributed by atoms with E-state index in [9.17, 15) is 9.18 Å². The fourth-order valence-electron chi connectivity index (χ4n) is 2.59. The minimum atomic E-state index is -0.276. The van der Waals surface area contributed by atoms with Crippen molar-refractivity contribution >= 4 is 29.3 Å². The van der Waals surface area contributed by atoms with Crippen LogP contribution >= 0.6 is 12.4 Å². The van der Waals surface area contributed by atoms with Gasteiger partial charge in [-0.1, -0.05) is 24.3 Å². The number of carbonyl (C=O) groups is 1. The molecule has 0 spiro atoms. The van der Waals surface area contributed by atoms with Crippen molar-refractivity contribution in [2.24, 2.45) is 0 Å². The first-order valence-electron chi connectivity index (χ1n) is 7.38. The van der Waals surface area contributed by atoms with Crippen LogP contribution in [0.3, 0.4) is 0 Å². The van der Waals surface area contributed by atoms with Crippen LogP contribution in [0.15, 0.2) is 54.7 Å². The average Bonchev–Trinajstić information content (AvgIpc) is 2.59. The van der Waals surface area contributed by atoms with E-state index in [0.717, 1.165) is 27.6 Å². The Balaban J connectivity index is 0.00000208. The number of aromatic nitrogens is 1. The smallest absolute Gasteiger partial charge is 0.305 e. The molecular weight excluding hydrogens is 329 g/mol. The van der Waals surface area contributed by atoms with Crippen molar-refractivity contribution in [1.29, 1.82) is 0 Å². The molecule has 3 nitrogen and oxygen atoms in total. The summed E-state index contributed by atoms with van der Waals surface area (Å²) in [5.74, 6) is -0.516. The molecule has 0 saturated carbocycles. The second-order valence-electron chi connectivity index (χ2n) is 5.29. The molecule has 0 saturated heterocycles. The molecule has 24 heavy (non-hydrogen) atoms. The number of benzene rings is 2. The van der Waals surface area contributed by atoms with Gasteiger partial charge < -0.3 is 4.74 Å². The Labute approximate surface area is 145 Å². The number of fused-ring (bicyclic) bond motifs is 1. The number of pyridine rings is 1. The van der Waals surface area contributed by atoms with Crippen molar-refractivity contribution in [3.63, 3.8) is 0 Å². The van der Waals surface area contributed by atoms with E-state index in [1.807, 2.05) is 30.3 Å². The van der Waals surface area contributed by atoms with Crippen LogP contribution in [0.4, 0.5) is 4.39 Å². The number of nitrogens with zero attached hydrogens (tertiary/aromatic N) is 1. The van der Waals surface area contributed by atoms with Crippen LogP contribution in [0, 0.1) is 5.82 Å². The maximum Gasteiger partial charge on any atom is 0.305 e. The number of rotatable bonds is 4. The van der Waals surface area contributed by atoms with Gasteiger partial charge in [-0.2, -0.15) is 0 Å². The number of aryl methyl sites for hydroxylation is 1. The van der Waals surface area contributed by atoms with Crippen LogP contribution in [0.1, 0.15) is 12.0 Å². The summed E-state index contributed by atoms with van der Waals surface area (Å²) in [7, 11) is 1.38. The van der Waals surface area contributed by atoms with Gasteiger partial charge in [-0.15, -0.1) is 12.4 Å². The average molecular weight is 346 g/mol. The van der Waals surface area contributed by atoms with E-state index in [1.165, 1.54) is 19.2 Å². The molecule has 0 aliphatic carbocycles. The molecule has 1 aromatic heterocycles. The van der Waals surface area contributed by atoms with Crippen molar-refractivity contribution in [2.45, 2.75) is 12.8 Å². The van der Waals surface area contributed by atoms with E-state index in [0.29, 0.717) is 12.8 Å². The predicted molar refractivity (Wildman–Crippen MR) is 94.7 cm³/mol. The molecule has 0 radical (unpaired) electrons. The zero-order valence-electron chi connectivity index (χ0n) is 13.2. The van der Waals surface area contributed by atoms with Crippen molar-refractivity contribution in [3.8, 4) is 11.1 Å². The largest absolute Gasteiger partial charge is 0.469 e. The van der Waals surface area contributed by atoms with E-state index in [-0.39, 0.29) is 24.2 Å². The van der Waals surface area contributed by atoms with Crippen LogP contribution in [0.2, 0.25) is 0 Å². The molecule has 2 aromatic carbocycles. The highest BCUT2D eigenvalue weighted by molar-refractivity contribution is 5.87. The Hall–Kier alpha value is -2.46. The van der Waals surface area contributed by atoms with Gasteiger partial charge >= 0.3 is 5.97 Å². The second-order valence-corrected chi connectivity index (χ2v) is 5.29. The molecular formula is C19H17ClFNO2. The molecule has 0 aliphatic rings. The normalized spacial score (nSPS) is 10.2. The minimum absolute atomic E-state index is 0. The van der Waals surface area contributed by atoms with Gasteiger partial charge in [0.05, 0.1) is 12.6 Å². The molecule has 1 heterocycles. The van der Waals surface area contributed by atoms with Gasteiger partial charge in [0.25, 0.3) is 0 Å². The molecule has 0 atom stereocenters. The summed E-state index contributed by atoms with van der Waals surface area (Å²) in [5.41, 5.74) is 3.51. The highest BCUT2D eigenvalue weighted by Gasteiger charge is 2.08. The van der Waals surface area contributed by atoms with E-state index in [2.05, 4.69) is 4.98 Å². The van der Waals surface area contributed by atoms with Gasteiger partial charge in [0.2, 0.25) is 0 Å². The van der Waals surface area contributed by atoms with Gasteiger partial charge in [-0.25, -0.2) is 4.39 Å². The van der Waals surface area contributed by atoms with Crippen molar-refractivity contribution in [3.05, 3.63) is 66.1 Å². The number of esters is 1. The lowest BCUT2D eigenvalue weighted by molar-refractivity contribution is -0.140. The standard InChI is InChI=1S/C19H16FNO2.ClH/c1-23-19(22)9-8-13-4-3-7-18-17(13)11-15(12-21-18)14-5-2-6-16(20)10-14;/h2-7,10-12H,8-9H2,1H3;1H. The zero-order valence-corrected chi connectivity index (χ0v) is 14.0. The molecule has 124 valence electrons. The van der Waals surface area contributed by atoms with Crippen LogP contribution in [-0.4, -0.2) is 18.1 Å². The molecule has 3 rings (SSSR count). The first kappa shape index (κ1) is 17.9. The summed E-state index contributed by atoms with van der Waals surface area (Å²) in [4.78, 5) is 15.8. The number of hydrogen-bond acceptors (Lipinski definition) is 3. The lowest BCUT2D eigenvalue weighted by atomic mass is 10.00. The maximum atomic E-state index is 13.4. The summed E-state index contributed by atoms with van der Waals surface area (Å²) in [6.45, 7) is 0. The predicted octanol–water partition coefficient (Wildman–Crippen LogP) is 4.57. The van der Waals surface area contributed by atoms with E-state index in [4.69, 9.17) is 4.74 Å². The lowest BCUT2D eigenvalue weighted by Crippen LogP contribution is -2.02. The number of methoxy groups -OCH3 is 1. The third-order valence-electron chi connectivity index (χ3n) is 3.80. The van der Waals surface area contributed by atoms with Crippen LogP contribution < -0.4 is 0 Å². The van der Waals surface area contributed by atoms with Crippen LogP contribution in [0.25, 0.3) is 22.0 Å². The zero-order chi connectivity index (χ0) is 16.2. The first-order chi connectivity index (χ1) is 11.2. The Morgan fingerprint density at radius 1 is 1.12 bits per heavy atom. The highest BCUT2D eigenvalue weighted by Crippen LogP contribution is 2.26. The fourth-order valence-corrected chi connectivity index (χ4v) is 2.59. The SMILES string of the molecule is COC(=O)CCc1cccc2ncc(-c3cccc(F)c3)cc12.Cl. The quantitative estimate of drug-likeness (QED) is 0.650. The summed E-state index contributed by atoms with van der Waals surface area (Å²) in [5, 5.41) is 0.971. The van der Waals surface area contributed by atoms with E-state index in [1.54, 1.807) is 12.3 Å². The first-order valence-corrected chi connectivity index (χ1v) is 7.38. The van der Waals surface area contributed by atoms with Gasteiger partial charge in [0, 0.05) is 23.6 Å². The Morgan fingerprint density at radius 2 is 1.92 bits per heavy atom. The van der Waals surface area contributed by atoms with Crippen molar-refractivity contribution in [1.82, 2.24) is 4.98 Å². The molecule has 0 fully saturated rings. The summed E-state index contributed by atoms with van der Waals surface area (Å²) >= 11 is 0. The molecule has 0 unspecified atom stereocenters. The molecule has 0 aliphatic heterocycles.